The molecule has 0 aromatic heterocycles. The average Bonchev–Trinajstić information content (AvgIpc) is 2.66. The minimum atomic E-state index is -0.347. The predicted molar refractivity (Wildman–Crippen MR) is 108 cm³/mol. The van der Waals surface area contributed by atoms with Gasteiger partial charge in [-0.1, -0.05) is 24.3 Å². The summed E-state index contributed by atoms with van der Waals surface area (Å²) < 4.78 is 10.00. The molecule has 0 spiro atoms. The summed E-state index contributed by atoms with van der Waals surface area (Å²) in [6.07, 6.45) is 5.44. The van der Waals surface area contributed by atoms with Gasteiger partial charge < -0.3 is 19.7 Å². The molecule has 0 aliphatic carbocycles. The van der Waals surface area contributed by atoms with Gasteiger partial charge in [0.2, 0.25) is 0 Å². The average molecular weight is 576 g/mol. The number of phenols is 2. The van der Waals surface area contributed by atoms with Crippen LogP contribution in [0.15, 0.2) is 48.6 Å². The third kappa shape index (κ3) is 6.84. The molecule has 0 aliphatic heterocycles. The number of hydrogen-bond donors (Lipinski definition) is 2. The Hall–Kier alpha value is -2.62. The number of rotatable bonds is 8. The first-order chi connectivity index (χ1) is 12.9. The molecule has 144 valence electrons. The molecule has 0 saturated carbocycles. The number of carbonyl (C=O) groups is 2. The fourth-order valence-electron chi connectivity index (χ4n) is 2.26. The van der Waals surface area contributed by atoms with Gasteiger partial charge in [-0.25, -0.2) is 0 Å². The van der Waals surface area contributed by atoms with Crippen molar-refractivity contribution in [2.24, 2.45) is 0 Å². The van der Waals surface area contributed by atoms with Crippen LogP contribution in [0, 0.1) is 0 Å². The molecule has 0 unspecified atom stereocenters. The van der Waals surface area contributed by atoms with Crippen LogP contribution in [-0.4, -0.2) is 63.3 Å². The minimum Gasteiger partial charge on any atom is -0.504 e. The summed E-state index contributed by atoms with van der Waals surface area (Å²) >= 11 is 0. The fraction of sp³-hybridized carbons (Fsp3) is 0.143. The van der Waals surface area contributed by atoms with Crippen molar-refractivity contribution < 1.29 is 29.3 Å². The Labute approximate surface area is 183 Å². The van der Waals surface area contributed by atoms with Gasteiger partial charge in [0.05, 0.1) is 20.6 Å². The Morgan fingerprint density at radius 2 is 1.21 bits per heavy atom. The molecule has 6 nitrogen and oxygen atoms in total. The van der Waals surface area contributed by atoms with Crippen molar-refractivity contribution in [1.29, 1.82) is 0 Å². The Kier molecular flexibility index (Phi) is 9.43. The van der Waals surface area contributed by atoms with Crippen LogP contribution in [0.3, 0.4) is 0 Å². The van der Waals surface area contributed by atoms with Crippen molar-refractivity contribution in [2.75, 3.05) is 14.2 Å². The molecule has 0 fully saturated rings. The molecule has 2 aromatic carbocycles. The topological polar surface area (TPSA) is 93.1 Å². The molecule has 2 aromatic rings. The van der Waals surface area contributed by atoms with E-state index in [2.05, 4.69) is 0 Å². The fourth-order valence-corrected chi connectivity index (χ4v) is 2.26. The maximum absolute atomic E-state index is 11.9. The van der Waals surface area contributed by atoms with Gasteiger partial charge in [-0.2, -0.15) is 0 Å². The molecule has 4 radical (unpaired) electrons. The van der Waals surface area contributed by atoms with Crippen LogP contribution in [0.4, 0.5) is 0 Å². The molecule has 0 atom stereocenters. The van der Waals surface area contributed by atoms with E-state index in [0.29, 0.717) is 22.6 Å². The van der Waals surface area contributed by atoms with Crippen molar-refractivity contribution in [3.8, 4) is 23.0 Å². The second-order valence-corrected chi connectivity index (χ2v) is 5.64. The Balaban J connectivity index is 0.00000392. The van der Waals surface area contributed by atoms with E-state index in [0.717, 1.165) is 0 Å². The summed E-state index contributed by atoms with van der Waals surface area (Å²) in [6.45, 7) is 0. The summed E-state index contributed by atoms with van der Waals surface area (Å²) in [4.78, 5) is 23.9. The van der Waals surface area contributed by atoms with Crippen LogP contribution in [0.25, 0.3) is 12.2 Å². The van der Waals surface area contributed by atoms with E-state index in [4.69, 9.17) is 9.47 Å². The van der Waals surface area contributed by atoms with Crippen molar-refractivity contribution in [3.05, 3.63) is 59.7 Å². The van der Waals surface area contributed by atoms with Gasteiger partial charge in [0.1, 0.15) is 0 Å². The van der Waals surface area contributed by atoms with E-state index in [-0.39, 0.29) is 56.8 Å². The number of carbonyl (C=O) groups excluding carboxylic acids is 2. The summed E-state index contributed by atoms with van der Waals surface area (Å²) in [5.74, 6) is -0.0832. The van der Waals surface area contributed by atoms with Crippen molar-refractivity contribution >= 4 is 51.0 Å². The van der Waals surface area contributed by atoms with E-state index in [1.807, 2.05) is 0 Å². The zero-order valence-corrected chi connectivity index (χ0v) is 19.4. The maximum atomic E-state index is 11.9. The number of ether oxygens (including phenoxy) is 2. The molecular formula is C21H20O6Pb. The SMILES string of the molecule is COc1cc(C=CC(=O)CC(=O)C=Cc2ccc(O)c(OC)c2)ccc1O.[Pb]. The van der Waals surface area contributed by atoms with Crippen LogP contribution in [0.5, 0.6) is 23.0 Å². The van der Waals surface area contributed by atoms with Gasteiger partial charge in [-0.05, 0) is 47.5 Å². The van der Waals surface area contributed by atoms with Gasteiger partial charge in [0, 0.05) is 27.3 Å². The largest absolute Gasteiger partial charge is 0.504 e. The van der Waals surface area contributed by atoms with Crippen LogP contribution < -0.4 is 9.47 Å². The normalized spacial score (nSPS) is 10.6. The second kappa shape index (κ2) is 11.3. The standard InChI is InChI=1S/C21H20O6.Pb/c1-26-20-11-14(5-9-18(20)24)3-7-16(22)13-17(23)8-4-15-6-10-19(25)21(12-15)27-2;/h3-12,24-25H,13H2,1-2H3;. The summed E-state index contributed by atoms with van der Waals surface area (Å²) in [5.41, 5.74) is 1.33. The molecule has 0 amide bonds. The molecule has 2 rings (SSSR count). The molecule has 2 N–H and O–H groups in total. The van der Waals surface area contributed by atoms with Crippen LogP contribution >= 0.6 is 0 Å². The Bertz CT molecular complexity index is 828. The Morgan fingerprint density at radius 1 is 0.821 bits per heavy atom. The number of ketones is 2. The smallest absolute Gasteiger partial charge is 0.163 e. The first-order valence-corrected chi connectivity index (χ1v) is 8.08. The van der Waals surface area contributed by atoms with E-state index >= 15 is 0 Å². The van der Waals surface area contributed by atoms with Crippen LogP contribution in [0.2, 0.25) is 0 Å². The number of methoxy groups -OCH3 is 2. The van der Waals surface area contributed by atoms with E-state index in [1.165, 1.54) is 38.5 Å². The zero-order valence-electron chi connectivity index (χ0n) is 15.5. The van der Waals surface area contributed by atoms with Gasteiger partial charge in [0.15, 0.2) is 34.6 Å². The molecule has 7 heteroatoms. The predicted octanol–water partition coefficient (Wildman–Crippen LogP) is 2.99. The van der Waals surface area contributed by atoms with E-state index < -0.39 is 0 Å². The third-order valence-corrected chi connectivity index (χ3v) is 3.68. The van der Waals surface area contributed by atoms with E-state index in [9.17, 15) is 19.8 Å². The maximum Gasteiger partial charge on any atom is 0.163 e. The molecule has 0 aliphatic rings. The Morgan fingerprint density at radius 3 is 1.57 bits per heavy atom. The van der Waals surface area contributed by atoms with Gasteiger partial charge >= 0.3 is 0 Å². The molecule has 0 saturated heterocycles. The van der Waals surface area contributed by atoms with Gasteiger partial charge in [-0.3, -0.25) is 9.59 Å². The van der Waals surface area contributed by atoms with E-state index in [1.54, 1.807) is 36.4 Å². The van der Waals surface area contributed by atoms with Crippen LogP contribution in [0.1, 0.15) is 17.5 Å². The van der Waals surface area contributed by atoms with Crippen molar-refractivity contribution in [1.82, 2.24) is 0 Å². The summed E-state index contributed by atoms with van der Waals surface area (Å²) in [7, 11) is 2.87. The van der Waals surface area contributed by atoms with Crippen molar-refractivity contribution in [3.63, 3.8) is 0 Å². The summed E-state index contributed by atoms with van der Waals surface area (Å²) in [6, 6.07) is 9.34. The number of hydrogen-bond acceptors (Lipinski definition) is 6. The minimum absolute atomic E-state index is 0. The molecule has 0 bridgehead atoms. The van der Waals surface area contributed by atoms with Crippen molar-refractivity contribution in [2.45, 2.75) is 6.42 Å². The quantitative estimate of drug-likeness (QED) is 0.286. The second-order valence-electron chi connectivity index (χ2n) is 5.64. The first kappa shape index (κ1) is 23.4. The molecule has 0 heterocycles. The number of phenolic OH excluding ortho intramolecular Hbond substituents is 2. The summed E-state index contributed by atoms with van der Waals surface area (Å²) in [5, 5.41) is 19.1. The molecular weight excluding hydrogens is 555 g/mol. The zero-order chi connectivity index (χ0) is 19.8. The van der Waals surface area contributed by atoms with Crippen LogP contribution in [-0.2, 0) is 9.59 Å². The molecule has 28 heavy (non-hydrogen) atoms. The third-order valence-electron chi connectivity index (χ3n) is 3.68. The first-order valence-electron chi connectivity index (χ1n) is 8.08. The number of allylic oxidation sites excluding steroid dienone is 2. The number of benzene rings is 2. The number of aromatic hydroxyl groups is 2. The van der Waals surface area contributed by atoms with Gasteiger partial charge in [-0.15, -0.1) is 0 Å². The monoisotopic (exact) mass is 576 g/mol. The van der Waals surface area contributed by atoms with Gasteiger partial charge in [0.25, 0.3) is 0 Å².